The zero-order chi connectivity index (χ0) is 8.27. The van der Waals surface area contributed by atoms with Crippen molar-refractivity contribution in [3.8, 4) is 0 Å². The maximum absolute atomic E-state index is 3.48. The second-order valence-electron chi connectivity index (χ2n) is 3.08. The molecule has 2 heteroatoms. The molecule has 0 spiro atoms. The zero-order valence-corrected chi connectivity index (χ0v) is 7.93. The molecule has 2 unspecified atom stereocenters. The molecule has 1 N–H and O–H groups in total. The first-order chi connectivity index (χ1) is 5.40. The molecule has 0 amide bonds. The van der Waals surface area contributed by atoms with Crippen molar-refractivity contribution in [1.29, 1.82) is 0 Å². The summed E-state index contributed by atoms with van der Waals surface area (Å²) in [6, 6.07) is 1.70. The lowest BCUT2D eigenvalue weighted by Crippen LogP contribution is -2.43. The fourth-order valence-corrected chi connectivity index (χ4v) is 2.03. The molecule has 0 saturated carbocycles. The minimum Gasteiger partial charge on any atom is -0.311 e. The Hall–Kier alpha value is -0.0800. The quantitative estimate of drug-likeness (QED) is 0.611. The number of nitrogens with zero attached hydrogens (tertiary/aromatic N) is 1. The monoisotopic (exact) mass is 156 g/mol. The van der Waals surface area contributed by atoms with Crippen molar-refractivity contribution in [1.82, 2.24) is 10.2 Å². The van der Waals surface area contributed by atoms with Gasteiger partial charge in [-0.25, -0.2) is 0 Å². The van der Waals surface area contributed by atoms with Crippen molar-refractivity contribution in [3.05, 3.63) is 0 Å². The molecule has 0 aromatic rings. The summed E-state index contributed by atoms with van der Waals surface area (Å²) in [6.45, 7) is 10.0. The molecule has 2 aliphatic heterocycles. The molecule has 0 aliphatic carbocycles. The number of piperazine rings is 1. The maximum atomic E-state index is 3.48. The Morgan fingerprint density at radius 1 is 1.45 bits per heavy atom. The molecule has 2 atom stereocenters. The second-order valence-corrected chi connectivity index (χ2v) is 3.08. The van der Waals surface area contributed by atoms with Crippen LogP contribution in [0.15, 0.2) is 0 Å². The van der Waals surface area contributed by atoms with Crippen LogP contribution in [0.1, 0.15) is 27.2 Å². The van der Waals surface area contributed by atoms with Gasteiger partial charge in [0.2, 0.25) is 0 Å². The first-order valence-electron chi connectivity index (χ1n) is 4.87. The third-order valence-corrected chi connectivity index (χ3v) is 2.58. The van der Waals surface area contributed by atoms with Crippen LogP contribution < -0.4 is 5.32 Å². The van der Waals surface area contributed by atoms with Gasteiger partial charge in [0.15, 0.2) is 0 Å². The van der Waals surface area contributed by atoms with E-state index in [0.29, 0.717) is 0 Å². The van der Waals surface area contributed by atoms with Gasteiger partial charge in [0.05, 0.1) is 0 Å². The summed E-state index contributed by atoms with van der Waals surface area (Å²) in [5.41, 5.74) is 0. The van der Waals surface area contributed by atoms with Crippen molar-refractivity contribution in [2.45, 2.75) is 39.3 Å². The van der Waals surface area contributed by atoms with Gasteiger partial charge in [0, 0.05) is 25.2 Å². The van der Waals surface area contributed by atoms with Crippen LogP contribution in [0.5, 0.6) is 0 Å². The number of hydrogen-bond donors (Lipinski definition) is 1. The van der Waals surface area contributed by atoms with Gasteiger partial charge in [-0.1, -0.05) is 20.8 Å². The Balaban J connectivity index is 0.000000281. The molecular formula is C9H20N2. The van der Waals surface area contributed by atoms with E-state index in [4.69, 9.17) is 0 Å². The van der Waals surface area contributed by atoms with Gasteiger partial charge in [0.25, 0.3) is 0 Å². The van der Waals surface area contributed by atoms with Crippen molar-refractivity contribution >= 4 is 0 Å². The highest BCUT2D eigenvalue weighted by Gasteiger charge is 2.35. The molecule has 2 fully saturated rings. The summed E-state index contributed by atoms with van der Waals surface area (Å²) < 4.78 is 0. The molecule has 0 aromatic heterocycles. The van der Waals surface area contributed by atoms with Gasteiger partial charge in [-0.2, -0.15) is 0 Å². The standard InChI is InChI=1S/C7H14N2.C2H6/c1-2-9-5-6-3-7(9)4-8-6;1-2/h6-8H,2-5H2,1H3;1-2H3. The summed E-state index contributed by atoms with van der Waals surface area (Å²) in [5, 5.41) is 3.48. The fraction of sp³-hybridized carbons (Fsp3) is 1.00. The molecule has 2 bridgehead atoms. The summed E-state index contributed by atoms with van der Waals surface area (Å²) in [5.74, 6) is 0. The Morgan fingerprint density at radius 2 is 2.18 bits per heavy atom. The van der Waals surface area contributed by atoms with E-state index in [9.17, 15) is 0 Å². The molecule has 11 heavy (non-hydrogen) atoms. The minimum absolute atomic E-state index is 0.829. The van der Waals surface area contributed by atoms with E-state index in [1.54, 1.807) is 0 Å². The molecule has 2 heterocycles. The topological polar surface area (TPSA) is 15.3 Å². The van der Waals surface area contributed by atoms with Gasteiger partial charge in [-0.05, 0) is 13.0 Å². The maximum Gasteiger partial charge on any atom is 0.0236 e. The molecule has 2 saturated heterocycles. The molecule has 2 nitrogen and oxygen atoms in total. The predicted molar refractivity (Wildman–Crippen MR) is 48.8 cm³/mol. The average molecular weight is 156 g/mol. The van der Waals surface area contributed by atoms with Crippen LogP contribution in [0.4, 0.5) is 0 Å². The van der Waals surface area contributed by atoms with Gasteiger partial charge in [-0.3, -0.25) is 4.90 Å². The van der Waals surface area contributed by atoms with Crippen LogP contribution in [0, 0.1) is 0 Å². The highest BCUT2D eigenvalue weighted by molar-refractivity contribution is 4.96. The SMILES string of the molecule is CC.CCN1CC2CC1CN2. The Kier molecular flexibility index (Phi) is 3.34. The van der Waals surface area contributed by atoms with Crippen LogP contribution in [0.25, 0.3) is 0 Å². The van der Waals surface area contributed by atoms with Crippen molar-refractivity contribution < 1.29 is 0 Å². The van der Waals surface area contributed by atoms with E-state index in [0.717, 1.165) is 12.1 Å². The molecule has 2 rings (SSSR count). The number of fused-ring (bicyclic) bond motifs is 2. The number of likely N-dealkylation sites (tertiary alicyclic amines) is 1. The molecule has 66 valence electrons. The lowest BCUT2D eigenvalue weighted by molar-refractivity contribution is 0.238. The molecule has 2 aliphatic rings. The number of rotatable bonds is 1. The number of nitrogens with one attached hydrogen (secondary N) is 1. The van der Waals surface area contributed by atoms with E-state index in [-0.39, 0.29) is 0 Å². The van der Waals surface area contributed by atoms with Crippen molar-refractivity contribution in [2.24, 2.45) is 0 Å². The first kappa shape index (κ1) is 9.01. The van der Waals surface area contributed by atoms with Crippen LogP contribution in [0.2, 0.25) is 0 Å². The van der Waals surface area contributed by atoms with Crippen molar-refractivity contribution in [3.63, 3.8) is 0 Å². The van der Waals surface area contributed by atoms with Crippen LogP contribution in [-0.4, -0.2) is 36.6 Å². The van der Waals surface area contributed by atoms with E-state index in [1.165, 1.54) is 26.1 Å². The van der Waals surface area contributed by atoms with E-state index >= 15 is 0 Å². The molecular weight excluding hydrogens is 136 g/mol. The minimum atomic E-state index is 0.829. The third kappa shape index (κ3) is 1.74. The van der Waals surface area contributed by atoms with Crippen LogP contribution in [0.3, 0.4) is 0 Å². The lowest BCUT2D eigenvalue weighted by Gasteiger charge is -2.25. The average Bonchev–Trinajstić information content (AvgIpc) is 2.67. The van der Waals surface area contributed by atoms with E-state index in [1.807, 2.05) is 13.8 Å². The van der Waals surface area contributed by atoms with Crippen LogP contribution >= 0.6 is 0 Å². The Bertz CT molecular complexity index is 114. The van der Waals surface area contributed by atoms with Gasteiger partial charge in [0.1, 0.15) is 0 Å². The predicted octanol–water partition coefficient (Wildman–Crippen LogP) is 1.08. The third-order valence-electron chi connectivity index (χ3n) is 2.58. The Labute approximate surface area is 70.0 Å². The molecule has 0 radical (unpaired) electrons. The fourth-order valence-electron chi connectivity index (χ4n) is 2.03. The summed E-state index contributed by atoms with van der Waals surface area (Å²) in [7, 11) is 0. The first-order valence-corrected chi connectivity index (χ1v) is 4.87. The number of hydrogen-bond acceptors (Lipinski definition) is 2. The number of likely N-dealkylation sites (N-methyl/N-ethyl adjacent to an activating group) is 1. The van der Waals surface area contributed by atoms with E-state index < -0.39 is 0 Å². The highest BCUT2D eigenvalue weighted by atomic mass is 15.3. The van der Waals surface area contributed by atoms with Gasteiger partial charge in [-0.15, -0.1) is 0 Å². The van der Waals surface area contributed by atoms with Gasteiger partial charge >= 0.3 is 0 Å². The van der Waals surface area contributed by atoms with Crippen LogP contribution in [-0.2, 0) is 0 Å². The molecule has 0 aromatic carbocycles. The van der Waals surface area contributed by atoms with E-state index in [2.05, 4.69) is 17.1 Å². The lowest BCUT2D eigenvalue weighted by atomic mass is 10.2. The highest BCUT2D eigenvalue weighted by Crippen LogP contribution is 2.21. The smallest absolute Gasteiger partial charge is 0.0236 e. The second kappa shape index (κ2) is 4.07. The zero-order valence-electron chi connectivity index (χ0n) is 7.93. The normalized spacial score (nSPS) is 35.2. The van der Waals surface area contributed by atoms with Crippen molar-refractivity contribution in [2.75, 3.05) is 19.6 Å². The summed E-state index contributed by atoms with van der Waals surface area (Å²) >= 11 is 0. The summed E-state index contributed by atoms with van der Waals surface area (Å²) in [6.07, 6.45) is 1.40. The van der Waals surface area contributed by atoms with Gasteiger partial charge < -0.3 is 5.32 Å². The largest absolute Gasteiger partial charge is 0.311 e. The summed E-state index contributed by atoms with van der Waals surface area (Å²) in [4.78, 5) is 2.57. The Morgan fingerprint density at radius 3 is 2.45 bits per heavy atom.